The van der Waals surface area contributed by atoms with Crippen LogP contribution in [0.1, 0.15) is 35.7 Å². The molecule has 4 rings (SSSR count). The first-order valence-electron chi connectivity index (χ1n) is 10.6. The van der Waals surface area contributed by atoms with E-state index in [0.717, 1.165) is 29.8 Å². The number of carbonyl (C=O) groups is 1. The highest BCUT2D eigenvalue weighted by Crippen LogP contribution is 2.16. The zero-order valence-corrected chi connectivity index (χ0v) is 17.5. The van der Waals surface area contributed by atoms with Crippen molar-refractivity contribution in [1.82, 2.24) is 14.9 Å². The minimum absolute atomic E-state index is 0.0944. The predicted octanol–water partition coefficient (Wildman–Crippen LogP) is 1.18. The van der Waals surface area contributed by atoms with Gasteiger partial charge in [0.05, 0.1) is 44.3 Å². The van der Waals surface area contributed by atoms with E-state index >= 15 is 0 Å². The molecule has 3 N–H and O–H groups in total. The molecular formula is C23H29N4O3+. The van der Waals surface area contributed by atoms with E-state index in [2.05, 4.69) is 17.2 Å². The van der Waals surface area contributed by atoms with Gasteiger partial charge in [0.1, 0.15) is 11.8 Å². The molecule has 1 aliphatic rings. The lowest BCUT2D eigenvalue weighted by atomic mass is 10.1. The third-order valence-electron chi connectivity index (χ3n) is 6.13. The van der Waals surface area contributed by atoms with Crippen LogP contribution < -0.4 is 20.6 Å². The molecule has 0 radical (unpaired) electrons. The van der Waals surface area contributed by atoms with E-state index in [-0.39, 0.29) is 11.6 Å². The summed E-state index contributed by atoms with van der Waals surface area (Å²) in [4.78, 5) is 29.6. The number of rotatable bonds is 7. The number of hydrogen-bond acceptors (Lipinski definition) is 3. The summed E-state index contributed by atoms with van der Waals surface area (Å²) in [5.41, 5.74) is 2.83. The van der Waals surface area contributed by atoms with E-state index in [9.17, 15) is 9.59 Å². The number of carbonyl (C=O) groups excluding carboxylic acids is 1. The Morgan fingerprint density at radius 2 is 2.07 bits per heavy atom. The van der Waals surface area contributed by atoms with Gasteiger partial charge in [0.25, 0.3) is 5.91 Å². The first-order chi connectivity index (χ1) is 14.6. The number of aromatic amines is 1. The van der Waals surface area contributed by atoms with E-state index in [1.165, 1.54) is 13.0 Å². The van der Waals surface area contributed by atoms with E-state index in [1.54, 1.807) is 28.7 Å². The number of amides is 1. The molecule has 0 spiro atoms. The molecule has 158 valence electrons. The third-order valence-corrected chi connectivity index (χ3v) is 6.13. The van der Waals surface area contributed by atoms with Gasteiger partial charge in [-0.3, -0.25) is 9.36 Å². The lowest BCUT2D eigenvalue weighted by Crippen LogP contribution is -3.14. The molecule has 7 heteroatoms. The van der Waals surface area contributed by atoms with Crippen LogP contribution in [0.3, 0.4) is 0 Å². The normalized spacial score (nSPS) is 18.6. The van der Waals surface area contributed by atoms with Gasteiger partial charge >= 0.3 is 5.69 Å². The smallest absolute Gasteiger partial charge is 0.326 e. The van der Waals surface area contributed by atoms with Crippen molar-refractivity contribution in [3.05, 3.63) is 64.1 Å². The van der Waals surface area contributed by atoms with Crippen molar-refractivity contribution < 1.29 is 14.4 Å². The standard InChI is InChI=1S/C23H28N4O3/c1-3-26-12-4-5-18(26)14-24-22(28)17-8-11-21-20(13-17)25-23(29)27(21)15-16-6-9-19(30-2)10-7-16/h6-11,13,18H,3-5,12,14-15H2,1-2H3,(H,24,28)(H,25,29)/p+1/t18-/m1/s1. The topological polar surface area (TPSA) is 80.6 Å². The maximum absolute atomic E-state index is 12.7. The van der Waals surface area contributed by atoms with Gasteiger partial charge in [-0.05, 0) is 42.8 Å². The predicted molar refractivity (Wildman–Crippen MR) is 116 cm³/mol. The van der Waals surface area contributed by atoms with E-state index < -0.39 is 0 Å². The summed E-state index contributed by atoms with van der Waals surface area (Å²) in [5, 5.41) is 3.07. The van der Waals surface area contributed by atoms with Crippen molar-refractivity contribution in [2.75, 3.05) is 26.7 Å². The molecule has 1 saturated heterocycles. The van der Waals surface area contributed by atoms with Crippen molar-refractivity contribution >= 4 is 16.9 Å². The Bertz CT molecular complexity index is 1080. The van der Waals surface area contributed by atoms with Crippen molar-refractivity contribution in [3.63, 3.8) is 0 Å². The summed E-state index contributed by atoms with van der Waals surface area (Å²) in [5.74, 6) is 0.685. The van der Waals surface area contributed by atoms with Gasteiger partial charge in [-0.15, -0.1) is 0 Å². The van der Waals surface area contributed by atoms with Gasteiger partial charge in [0.2, 0.25) is 0 Å². The Kier molecular flexibility index (Phi) is 5.90. The van der Waals surface area contributed by atoms with Crippen molar-refractivity contribution in [1.29, 1.82) is 0 Å². The van der Waals surface area contributed by atoms with Gasteiger partial charge in [-0.2, -0.15) is 0 Å². The molecule has 2 atom stereocenters. The third kappa shape index (κ3) is 4.11. The number of aromatic nitrogens is 2. The van der Waals surface area contributed by atoms with Crippen LogP contribution in [0.15, 0.2) is 47.3 Å². The molecule has 1 unspecified atom stereocenters. The zero-order valence-electron chi connectivity index (χ0n) is 17.5. The second-order valence-electron chi connectivity index (χ2n) is 7.91. The molecule has 3 aromatic rings. The van der Waals surface area contributed by atoms with E-state index in [1.807, 2.05) is 30.3 Å². The summed E-state index contributed by atoms with van der Waals surface area (Å²) in [6, 6.07) is 13.5. The monoisotopic (exact) mass is 409 g/mol. The van der Waals surface area contributed by atoms with Crippen LogP contribution in [-0.2, 0) is 6.54 Å². The molecule has 1 amide bonds. The summed E-state index contributed by atoms with van der Waals surface area (Å²) < 4.78 is 6.86. The molecule has 0 bridgehead atoms. The highest BCUT2D eigenvalue weighted by Gasteiger charge is 2.27. The number of nitrogens with one attached hydrogen (secondary N) is 3. The quantitative estimate of drug-likeness (QED) is 0.548. The van der Waals surface area contributed by atoms with Gasteiger partial charge in [0, 0.05) is 18.4 Å². The van der Waals surface area contributed by atoms with Crippen LogP contribution in [0.25, 0.3) is 11.0 Å². The largest absolute Gasteiger partial charge is 0.497 e. The van der Waals surface area contributed by atoms with Crippen LogP contribution in [-0.4, -0.2) is 48.2 Å². The van der Waals surface area contributed by atoms with Crippen LogP contribution in [0.4, 0.5) is 0 Å². The summed E-state index contributed by atoms with van der Waals surface area (Å²) in [6.45, 7) is 5.61. The molecule has 7 nitrogen and oxygen atoms in total. The Labute approximate surface area is 175 Å². The Morgan fingerprint density at radius 1 is 1.27 bits per heavy atom. The lowest BCUT2D eigenvalue weighted by molar-refractivity contribution is -0.909. The maximum Gasteiger partial charge on any atom is 0.326 e. The van der Waals surface area contributed by atoms with Crippen LogP contribution in [0.5, 0.6) is 5.75 Å². The minimum Gasteiger partial charge on any atom is -0.497 e. The maximum atomic E-state index is 12.7. The summed E-state index contributed by atoms with van der Waals surface area (Å²) >= 11 is 0. The fourth-order valence-corrected chi connectivity index (χ4v) is 4.39. The number of imidazole rings is 1. The van der Waals surface area contributed by atoms with Crippen molar-refractivity contribution in [3.8, 4) is 5.75 Å². The molecule has 1 aromatic heterocycles. The highest BCUT2D eigenvalue weighted by molar-refractivity contribution is 5.97. The summed E-state index contributed by atoms with van der Waals surface area (Å²) in [6.07, 6.45) is 2.38. The number of benzene rings is 2. The van der Waals surface area contributed by atoms with Crippen molar-refractivity contribution in [2.24, 2.45) is 0 Å². The van der Waals surface area contributed by atoms with E-state index in [0.29, 0.717) is 30.2 Å². The van der Waals surface area contributed by atoms with Gasteiger partial charge in [0.15, 0.2) is 0 Å². The van der Waals surface area contributed by atoms with Crippen LogP contribution in [0, 0.1) is 0 Å². The molecule has 0 aliphatic carbocycles. The molecular weight excluding hydrogens is 380 g/mol. The minimum atomic E-state index is -0.188. The molecule has 1 aliphatic heterocycles. The van der Waals surface area contributed by atoms with Crippen LogP contribution >= 0.6 is 0 Å². The molecule has 30 heavy (non-hydrogen) atoms. The molecule has 2 heterocycles. The Balaban J connectivity index is 1.49. The lowest BCUT2D eigenvalue weighted by Gasteiger charge is -2.20. The van der Waals surface area contributed by atoms with E-state index in [4.69, 9.17) is 4.74 Å². The first-order valence-corrected chi connectivity index (χ1v) is 10.6. The second kappa shape index (κ2) is 8.75. The van der Waals surface area contributed by atoms with Gasteiger partial charge in [-0.25, -0.2) is 4.79 Å². The highest BCUT2D eigenvalue weighted by atomic mass is 16.5. The Hall–Kier alpha value is -3.06. The summed E-state index contributed by atoms with van der Waals surface area (Å²) in [7, 11) is 1.63. The number of likely N-dealkylation sites (N-methyl/N-ethyl adjacent to an activating group) is 1. The number of nitrogens with zero attached hydrogens (tertiary/aromatic N) is 1. The number of hydrogen-bond donors (Lipinski definition) is 3. The first kappa shape index (κ1) is 20.2. The average molecular weight is 410 g/mol. The average Bonchev–Trinajstić information content (AvgIpc) is 3.35. The number of H-pyrrole nitrogens is 1. The fraction of sp³-hybridized carbons (Fsp3) is 0.391. The number of quaternary nitrogens is 1. The second-order valence-corrected chi connectivity index (χ2v) is 7.91. The zero-order chi connectivity index (χ0) is 21.1. The number of methoxy groups -OCH3 is 1. The number of likely N-dealkylation sites (tertiary alicyclic amines) is 1. The molecule has 1 fully saturated rings. The SMILES string of the molecule is CC[NH+]1CCC[C@@H]1CNC(=O)c1ccc2c(c1)[nH]c(=O)n2Cc1ccc(OC)cc1. The number of fused-ring (bicyclic) bond motifs is 1. The number of ether oxygens (including phenoxy) is 1. The van der Waals surface area contributed by atoms with Crippen LogP contribution in [0.2, 0.25) is 0 Å². The fourth-order valence-electron chi connectivity index (χ4n) is 4.39. The van der Waals surface area contributed by atoms with Gasteiger partial charge < -0.3 is 19.9 Å². The van der Waals surface area contributed by atoms with Crippen molar-refractivity contribution in [2.45, 2.75) is 32.4 Å². The molecule has 2 aromatic carbocycles. The Morgan fingerprint density at radius 3 is 2.80 bits per heavy atom. The van der Waals surface area contributed by atoms with Gasteiger partial charge in [-0.1, -0.05) is 12.1 Å². The molecule has 0 saturated carbocycles.